The van der Waals surface area contributed by atoms with E-state index in [1.165, 1.54) is 0 Å². The van der Waals surface area contributed by atoms with Crippen molar-refractivity contribution in [3.05, 3.63) is 58.3 Å². The van der Waals surface area contributed by atoms with E-state index in [1.54, 1.807) is 23.5 Å². The van der Waals surface area contributed by atoms with Gasteiger partial charge in [-0.05, 0) is 36.4 Å². The number of hydrogen-bond donors (Lipinski definition) is 1. The number of hydrogen-bond acceptors (Lipinski definition) is 4. The van der Waals surface area contributed by atoms with Crippen LogP contribution in [-0.2, 0) is 16.1 Å². The molecule has 0 unspecified atom stereocenters. The highest BCUT2D eigenvalue weighted by Gasteiger charge is 2.26. The lowest BCUT2D eigenvalue weighted by Crippen LogP contribution is -2.47. The van der Waals surface area contributed by atoms with Crippen molar-refractivity contribution in [3.63, 3.8) is 0 Å². The summed E-state index contributed by atoms with van der Waals surface area (Å²) >= 11 is 1.64. The highest BCUT2D eigenvalue weighted by atomic mass is 32.1. The highest BCUT2D eigenvalue weighted by Crippen LogP contribution is 2.20. The molecule has 132 valence electrons. The zero-order chi connectivity index (χ0) is 17.5. The number of benzene rings is 1. The molecule has 1 N–H and O–H groups in total. The van der Waals surface area contributed by atoms with Gasteiger partial charge in [0.2, 0.25) is 5.91 Å². The normalized spacial score (nSPS) is 14.9. The summed E-state index contributed by atoms with van der Waals surface area (Å²) in [5, 5.41) is 4.75. The largest absolute Gasteiger partial charge is 0.381 e. The summed E-state index contributed by atoms with van der Waals surface area (Å²) in [5.74, 6) is -0.276. The fourth-order valence-electron chi connectivity index (χ4n) is 2.94. The van der Waals surface area contributed by atoms with E-state index in [0.29, 0.717) is 25.3 Å². The monoisotopic (exact) mass is 358 g/mol. The van der Waals surface area contributed by atoms with Crippen LogP contribution in [0.5, 0.6) is 0 Å². The van der Waals surface area contributed by atoms with Gasteiger partial charge in [0.25, 0.3) is 5.91 Å². The molecule has 0 atom stereocenters. The van der Waals surface area contributed by atoms with Crippen molar-refractivity contribution in [2.75, 3.05) is 19.8 Å². The molecule has 25 heavy (non-hydrogen) atoms. The maximum absolute atomic E-state index is 12.8. The molecule has 0 radical (unpaired) electrons. The van der Waals surface area contributed by atoms with Gasteiger partial charge >= 0.3 is 0 Å². The van der Waals surface area contributed by atoms with Gasteiger partial charge in [-0.15, -0.1) is 11.3 Å². The van der Waals surface area contributed by atoms with Crippen molar-refractivity contribution >= 4 is 23.2 Å². The third-order valence-corrected chi connectivity index (χ3v) is 5.16. The molecule has 2 aromatic rings. The molecule has 6 heteroatoms. The molecule has 3 rings (SSSR count). The number of ether oxygens (including phenoxy) is 1. The Hall–Kier alpha value is -2.18. The third-order valence-electron chi connectivity index (χ3n) is 4.29. The van der Waals surface area contributed by atoms with Crippen molar-refractivity contribution < 1.29 is 14.3 Å². The molecular formula is C19H22N2O3S. The highest BCUT2D eigenvalue weighted by molar-refractivity contribution is 7.09. The average Bonchev–Trinajstić information content (AvgIpc) is 3.18. The first-order chi connectivity index (χ1) is 12.2. The number of nitrogens with one attached hydrogen (secondary N) is 1. The number of carbonyl (C=O) groups excluding carboxylic acids is 2. The van der Waals surface area contributed by atoms with Gasteiger partial charge in [0.1, 0.15) is 0 Å². The molecule has 0 bridgehead atoms. The van der Waals surface area contributed by atoms with Crippen LogP contribution >= 0.6 is 11.3 Å². The van der Waals surface area contributed by atoms with Gasteiger partial charge in [-0.1, -0.05) is 24.3 Å². The summed E-state index contributed by atoms with van der Waals surface area (Å²) in [6.07, 6.45) is 1.67. The third kappa shape index (κ3) is 4.90. The van der Waals surface area contributed by atoms with E-state index in [4.69, 9.17) is 4.74 Å². The Labute approximate surface area is 151 Å². The Bertz CT molecular complexity index is 682. The molecule has 0 spiro atoms. The number of amides is 2. The maximum Gasteiger partial charge on any atom is 0.251 e. The second-order valence-electron chi connectivity index (χ2n) is 5.99. The number of rotatable bonds is 6. The second kappa shape index (κ2) is 8.78. The zero-order valence-electron chi connectivity index (χ0n) is 14.0. The first kappa shape index (κ1) is 17.6. The first-order valence-electron chi connectivity index (χ1n) is 8.47. The van der Waals surface area contributed by atoms with Gasteiger partial charge in [-0.25, -0.2) is 0 Å². The van der Waals surface area contributed by atoms with Gasteiger partial charge < -0.3 is 15.0 Å². The predicted molar refractivity (Wildman–Crippen MR) is 97.5 cm³/mol. The van der Waals surface area contributed by atoms with Gasteiger partial charge in [0.15, 0.2) is 0 Å². The van der Waals surface area contributed by atoms with Crippen LogP contribution in [0.15, 0.2) is 47.8 Å². The molecule has 1 aliphatic heterocycles. The molecule has 1 aromatic heterocycles. The zero-order valence-corrected chi connectivity index (χ0v) is 14.8. The smallest absolute Gasteiger partial charge is 0.251 e. The summed E-state index contributed by atoms with van der Waals surface area (Å²) in [6.45, 7) is 1.95. The Morgan fingerprint density at radius 3 is 2.56 bits per heavy atom. The topological polar surface area (TPSA) is 58.6 Å². The maximum atomic E-state index is 12.8. The molecule has 0 aliphatic carbocycles. The fraction of sp³-hybridized carbons (Fsp3) is 0.368. The van der Waals surface area contributed by atoms with E-state index in [0.717, 1.165) is 17.7 Å². The Balaban J connectivity index is 1.62. The minimum Gasteiger partial charge on any atom is -0.381 e. The SMILES string of the molecule is O=C(NCC(=O)N(Cc1cccs1)C1CCOCC1)c1ccccc1. The lowest BCUT2D eigenvalue weighted by molar-refractivity contribution is -0.135. The van der Waals surface area contributed by atoms with Crippen LogP contribution in [0.4, 0.5) is 0 Å². The molecule has 1 aliphatic rings. The van der Waals surface area contributed by atoms with E-state index in [-0.39, 0.29) is 24.4 Å². The number of carbonyl (C=O) groups is 2. The molecule has 1 saturated heterocycles. The quantitative estimate of drug-likeness (QED) is 0.864. The van der Waals surface area contributed by atoms with Crippen molar-refractivity contribution in [2.45, 2.75) is 25.4 Å². The Kier molecular flexibility index (Phi) is 6.19. The molecule has 1 fully saturated rings. The van der Waals surface area contributed by atoms with Crippen LogP contribution in [0.2, 0.25) is 0 Å². The van der Waals surface area contributed by atoms with E-state index in [2.05, 4.69) is 5.32 Å². The molecule has 2 heterocycles. The minimum atomic E-state index is -0.225. The van der Waals surface area contributed by atoms with Crippen molar-refractivity contribution in [3.8, 4) is 0 Å². The summed E-state index contributed by atoms with van der Waals surface area (Å²) in [4.78, 5) is 28.0. The van der Waals surface area contributed by atoms with Crippen LogP contribution in [0.25, 0.3) is 0 Å². The van der Waals surface area contributed by atoms with E-state index < -0.39 is 0 Å². The van der Waals surface area contributed by atoms with Crippen LogP contribution < -0.4 is 5.32 Å². The van der Waals surface area contributed by atoms with E-state index in [9.17, 15) is 9.59 Å². The van der Waals surface area contributed by atoms with Gasteiger partial charge in [-0.2, -0.15) is 0 Å². The molecular weight excluding hydrogens is 336 g/mol. The van der Waals surface area contributed by atoms with Gasteiger partial charge in [0.05, 0.1) is 13.1 Å². The molecule has 2 amide bonds. The lowest BCUT2D eigenvalue weighted by Gasteiger charge is -2.34. The Morgan fingerprint density at radius 2 is 1.88 bits per heavy atom. The lowest BCUT2D eigenvalue weighted by atomic mass is 10.1. The van der Waals surface area contributed by atoms with E-state index >= 15 is 0 Å². The van der Waals surface area contributed by atoms with Crippen LogP contribution in [0.1, 0.15) is 28.1 Å². The minimum absolute atomic E-state index is 0.0104. The van der Waals surface area contributed by atoms with Crippen LogP contribution in [-0.4, -0.2) is 42.5 Å². The molecule has 0 saturated carbocycles. The summed E-state index contributed by atoms with van der Waals surface area (Å²) < 4.78 is 5.42. The first-order valence-corrected chi connectivity index (χ1v) is 9.35. The Morgan fingerprint density at radius 1 is 1.12 bits per heavy atom. The molecule has 5 nitrogen and oxygen atoms in total. The number of nitrogens with zero attached hydrogens (tertiary/aromatic N) is 1. The molecule has 1 aromatic carbocycles. The summed E-state index contributed by atoms with van der Waals surface area (Å²) in [5.41, 5.74) is 0.561. The van der Waals surface area contributed by atoms with Crippen molar-refractivity contribution in [1.29, 1.82) is 0 Å². The predicted octanol–water partition coefficient (Wildman–Crippen LogP) is 2.69. The summed E-state index contributed by atoms with van der Waals surface area (Å²) in [7, 11) is 0. The summed E-state index contributed by atoms with van der Waals surface area (Å²) in [6, 6.07) is 13.1. The number of thiophene rings is 1. The fourth-order valence-corrected chi connectivity index (χ4v) is 3.64. The van der Waals surface area contributed by atoms with Crippen molar-refractivity contribution in [2.24, 2.45) is 0 Å². The average molecular weight is 358 g/mol. The van der Waals surface area contributed by atoms with Gasteiger partial charge in [-0.3, -0.25) is 9.59 Å². The van der Waals surface area contributed by atoms with Crippen LogP contribution in [0.3, 0.4) is 0 Å². The van der Waals surface area contributed by atoms with Crippen molar-refractivity contribution in [1.82, 2.24) is 10.2 Å². The standard InChI is InChI=1S/C19H22N2O3S/c22-18(13-20-19(23)15-5-2-1-3-6-15)21(14-17-7-4-12-25-17)16-8-10-24-11-9-16/h1-7,12,16H,8-11,13-14H2,(H,20,23). The van der Waals surface area contributed by atoms with Crippen LogP contribution in [0, 0.1) is 0 Å². The van der Waals surface area contributed by atoms with E-state index in [1.807, 2.05) is 40.6 Å². The van der Waals surface area contributed by atoms with Gasteiger partial charge in [0, 0.05) is 29.7 Å². The second-order valence-corrected chi connectivity index (χ2v) is 7.03.